The van der Waals surface area contributed by atoms with Crippen molar-refractivity contribution in [1.29, 1.82) is 0 Å². The number of rotatable bonds is 6. The quantitative estimate of drug-likeness (QED) is 0.831. The topological polar surface area (TPSA) is 71.1 Å². The molecule has 2 N–H and O–H groups in total. The van der Waals surface area contributed by atoms with E-state index in [1.165, 1.54) is 0 Å². The molecule has 0 unspecified atom stereocenters. The van der Waals surface area contributed by atoms with Crippen molar-refractivity contribution in [2.24, 2.45) is 5.92 Å². The van der Waals surface area contributed by atoms with E-state index < -0.39 is 10.0 Å². The summed E-state index contributed by atoms with van der Waals surface area (Å²) in [6.45, 7) is 3.94. The molecule has 1 aromatic heterocycles. The van der Waals surface area contributed by atoms with Gasteiger partial charge in [-0.3, -0.25) is 0 Å². The second-order valence-electron chi connectivity index (χ2n) is 6.17. The van der Waals surface area contributed by atoms with Crippen molar-refractivity contribution in [2.75, 3.05) is 11.9 Å². The van der Waals surface area contributed by atoms with Gasteiger partial charge in [0.15, 0.2) is 0 Å². The van der Waals surface area contributed by atoms with E-state index >= 15 is 0 Å². The minimum Gasteiger partial charge on any atom is -0.367 e. The first-order chi connectivity index (χ1) is 10.4. The van der Waals surface area contributed by atoms with Crippen molar-refractivity contribution in [3.05, 3.63) is 23.4 Å². The summed E-state index contributed by atoms with van der Waals surface area (Å²) >= 11 is 5.82. The molecular weight excluding hydrogens is 322 g/mol. The fourth-order valence-corrected chi connectivity index (χ4v) is 3.50. The highest BCUT2D eigenvalue weighted by Gasteiger charge is 2.23. The molecule has 5 nitrogen and oxygen atoms in total. The maximum Gasteiger partial charge on any atom is 0.213 e. The Hall–Kier alpha value is -0.850. The van der Waals surface area contributed by atoms with Crippen molar-refractivity contribution >= 4 is 27.4 Å². The van der Waals surface area contributed by atoms with Gasteiger partial charge in [0, 0.05) is 18.8 Å². The summed E-state index contributed by atoms with van der Waals surface area (Å²) in [6, 6.07) is 4.10. The normalized spacial score (nSPS) is 22.7. The molecule has 0 bridgehead atoms. The Balaban J connectivity index is 1.75. The molecule has 0 atom stereocenters. The van der Waals surface area contributed by atoms with Gasteiger partial charge in [-0.15, -0.1) is 0 Å². The molecule has 2 rings (SSSR count). The number of hydrogen-bond acceptors (Lipinski definition) is 4. The molecule has 1 saturated carbocycles. The highest BCUT2D eigenvalue weighted by atomic mass is 35.5. The molecule has 7 heteroatoms. The van der Waals surface area contributed by atoms with Crippen LogP contribution in [0.4, 0.5) is 5.82 Å². The van der Waals surface area contributed by atoms with Gasteiger partial charge in [-0.05, 0) is 57.6 Å². The smallest absolute Gasteiger partial charge is 0.213 e. The minimum atomic E-state index is -3.15. The van der Waals surface area contributed by atoms with Crippen LogP contribution >= 0.6 is 11.6 Å². The molecule has 1 aliphatic carbocycles. The van der Waals surface area contributed by atoms with Gasteiger partial charge in [-0.25, -0.2) is 18.1 Å². The van der Waals surface area contributed by atoms with Crippen LogP contribution in [0.25, 0.3) is 0 Å². The first kappa shape index (κ1) is 17.5. The summed E-state index contributed by atoms with van der Waals surface area (Å²) in [5, 5.41) is 3.67. The third-order valence-corrected chi connectivity index (χ3v) is 6.15. The lowest BCUT2D eigenvalue weighted by Crippen LogP contribution is -2.37. The summed E-state index contributed by atoms with van der Waals surface area (Å²) in [5.41, 5.74) is 0. The monoisotopic (exact) mass is 345 g/mol. The molecule has 0 aromatic carbocycles. The lowest BCUT2D eigenvalue weighted by atomic mass is 9.86. The number of anilines is 1. The van der Waals surface area contributed by atoms with Gasteiger partial charge in [-0.2, -0.15) is 0 Å². The molecule has 1 aliphatic rings. The standard InChI is InChI=1S/C15H24ClN3O2S/c1-11(2)22(20,21)18-9-12-3-6-14(7-4-12)19-15-8-5-13(16)10-17-15/h5,8,10-12,14,18H,3-4,6-7,9H2,1-2H3,(H,17,19)/t12-,14-. The minimum absolute atomic E-state index is 0.374. The molecule has 0 amide bonds. The zero-order valence-electron chi connectivity index (χ0n) is 13.0. The van der Waals surface area contributed by atoms with Crippen LogP contribution in [0.1, 0.15) is 39.5 Å². The van der Waals surface area contributed by atoms with Crippen LogP contribution in [0.3, 0.4) is 0 Å². The lowest BCUT2D eigenvalue weighted by Gasteiger charge is -2.29. The van der Waals surface area contributed by atoms with E-state index in [0.29, 0.717) is 23.5 Å². The zero-order valence-corrected chi connectivity index (χ0v) is 14.6. The Morgan fingerprint density at radius 3 is 2.50 bits per heavy atom. The van der Waals surface area contributed by atoms with E-state index in [1.807, 2.05) is 12.1 Å². The molecule has 0 spiro atoms. The number of aromatic nitrogens is 1. The second kappa shape index (κ2) is 7.62. The summed E-state index contributed by atoms with van der Waals surface area (Å²) < 4.78 is 26.3. The molecule has 0 radical (unpaired) electrons. The van der Waals surface area contributed by atoms with E-state index in [4.69, 9.17) is 11.6 Å². The van der Waals surface area contributed by atoms with E-state index in [9.17, 15) is 8.42 Å². The summed E-state index contributed by atoms with van der Waals surface area (Å²) in [5.74, 6) is 1.26. The van der Waals surface area contributed by atoms with Crippen LogP contribution in [0, 0.1) is 5.92 Å². The second-order valence-corrected chi connectivity index (χ2v) is 8.92. The average molecular weight is 346 g/mol. The van der Waals surface area contributed by atoms with Crippen molar-refractivity contribution < 1.29 is 8.42 Å². The molecule has 1 aromatic rings. The van der Waals surface area contributed by atoms with E-state index in [-0.39, 0.29) is 5.25 Å². The van der Waals surface area contributed by atoms with Gasteiger partial charge >= 0.3 is 0 Å². The number of nitrogens with zero attached hydrogens (tertiary/aromatic N) is 1. The molecule has 124 valence electrons. The number of halogens is 1. The molecule has 0 saturated heterocycles. The molecule has 22 heavy (non-hydrogen) atoms. The summed E-state index contributed by atoms with van der Waals surface area (Å²) in [4.78, 5) is 4.24. The van der Waals surface area contributed by atoms with Crippen LogP contribution < -0.4 is 10.0 Å². The third-order valence-electron chi connectivity index (χ3n) is 4.12. The highest BCUT2D eigenvalue weighted by Crippen LogP contribution is 2.26. The fourth-order valence-electron chi connectivity index (χ4n) is 2.58. The van der Waals surface area contributed by atoms with Gasteiger partial charge < -0.3 is 5.32 Å². The van der Waals surface area contributed by atoms with Gasteiger partial charge in [0.1, 0.15) is 5.82 Å². The van der Waals surface area contributed by atoms with Crippen molar-refractivity contribution in [2.45, 2.75) is 50.8 Å². The molecule has 1 heterocycles. The van der Waals surface area contributed by atoms with Gasteiger partial charge in [0.2, 0.25) is 10.0 Å². The van der Waals surface area contributed by atoms with Gasteiger partial charge in [0.25, 0.3) is 0 Å². The molecule has 0 aliphatic heterocycles. The maximum absolute atomic E-state index is 11.8. The zero-order chi connectivity index (χ0) is 16.2. The maximum atomic E-state index is 11.8. The molecular formula is C15H24ClN3O2S. The van der Waals surface area contributed by atoms with Crippen molar-refractivity contribution in [1.82, 2.24) is 9.71 Å². The van der Waals surface area contributed by atoms with E-state index in [0.717, 1.165) is 31.5 Å². The van der Waals surface area contributed by atoms with Crippen LogP contribution in [0.2, 0.25) is 5.02 Å². The number of sulfonamides is 1. The summed E-state index contributed by atoms with van der Waals surface area (Å²) in [7, 11) is -3.15. The SMILES string of the molecule is CC(C)S(=O)(=O)NC[C@H]1CC[C@H](Nc2ccc(Cl)cn2)CC1. The predicted octanol–water partition coefficient (Wildman–Crippen LogP) is 3.03. The number of hydrogen-bond donors (Lipinski definition) is 2. The number of nitrogens with one attached hydrogen (secondary N) is 2. The van der Waals surface area contributed by atoms with E-state index in [2.05, 4.69) is 15.0 Å². The van der Waals surface area contributed by atoms with Crippen LogP contribution in [0.5, 0.6) is 0 Å². The Morgan fingerprint density at radius 2 is 1.95 bits per heavy atom. The first-order valence-electron chi connectivity index (χ1n) is 7.73. The van der Waals surface area contributed by atoms with Crippen molar-refractivity contribution in [3.63, 3.8) is 0 Å². The Labute approximate surface area is 137 Å². The summed E-state index contributed by atoms with van der Waals surface area (Å²) in [6.07, 6.45) is 5.73. The lowest BCUT2D eigenvalue weighted by molar-refractivity contribution is 0.336. The van der Waals surface area contributed by atoms with Gasteiger partial charge in [0.05, 0.1) is 10.3 Å². The van der Waals surface area contributed by atoms with Crippen LogP contribution in [-0.4, -0.2) is 31.2 Å². The van der Waals surface area contributed by atoms with Gasteiger partial charge in [-0.1, -0.05) is 11.6 Å². The predicted molar refractivity (Wildman–Crippen MR) is 90.7 cm³/mol. The Bertz CT molecular complexity index is 567. The van der Waals surface area contributed by atoms with Crippen LogP contribution in [-0.2, 0) is 10.0 Å². The highest BCUT2D eigenvalue weighted by molar-refractivity contribution is 7.90. The largest absolute Gasteiger partial charge is 0.367 e. The average Bonchev–Trinajstić information content (AvgIpc) is 2.49. The third kappa shape index (κ3) is 5.11. The van der Waals surface area contributed by atoms with Crippen LogP contribution in [0.15, 0.2) is 18.3 Å². The van der Waals surface area contributed by atoms with E-state index in [1.54, 1.807) is 20.0 Å². The Kier molecular flexibility index (Phi) is 6.06. The van der Waals surface area contributed by atoms with Crippen molar-refractivity contribution in [3.8, 4) is 0 Å². The fraction of sp³-hybridized carbons (Fsp3) is 0.667. The Morgan fingerprint density at radius 1 is 1.27 bits per heavy atom. The molecule has 1 fully saturated rings. The number of pyridine rings is 1. The first-order valence-corrected chi connectivity index (χ1v) is 9.66.